The summed E-state index contributed by atoms with van der Waals surface area (Å²) in [4.78, 5) is 25.5. The van der Waals surface area contributed by atoms with E-state index >= 15 is 0 Å². The molecule has 1 aliphatic carbocycles. The molecule has 1 N–H and O–H groups in total. The average molecular weight is 362 g/mol. The van der Waals surface area contributed by atoms with E-state index in [1.54, 1.807) is 6.07 Å². The number of amides is 1. The molecule has 0 radical (unpaired) electrons. The maximum absolute atomic E-state index is 12.8. The van der Waals surface area contributed by atoms with E-state index in [0.717, 1.165) is 43.0 Å². The summed E-state index contributed by atoms with van der Waals surface area (Å²) in [5, 5.41) is 9.28. The number of carboxylic acids is 1. The van der Waals surface area contributed by atoms with Crippen LogP contribution >= 0.6 is 11.6 Å². The van der Waals surface area contributed by atoms with Gasteiger partial charge in [0.05, 0.1) is 0 Å². The fraction of sp³-hybridized carbons (Fsp3) is 0.500. The van der Waals surface area contributed by atoms with Gasteiger partial charge < -0.3 is 10.0 Å². The zero-order chi connectivity index (χ0) is 17.8. The summed E-state index contributed by atoms with van der Waals surface area (Å²) >= 11 is 6.35. The Balaban J connectivity index is 1.64. The molecule has 0 bridgehead atoms. The molecule has 1 saturated heterocycles. The second-order valence-corrected chi connectivity index (χ2v) is 7.44. The number of nitrogens with zero attached hydrogens (tertiary/aromatic N) is 1. The van der Waals surface area contributed by atoms with Gasteiger partial charge in [-0.05, 0) is 49.0 Å². The first-order chi connectivity index (χ1) is 12.0. The van der Waals surface area contributed by atoms with Crippen molar-refractivity contribution in [3.63, 3.8) is 0 Å². The van der Waals surface area contributed by atoms with E-state index in [4.69, 9.17) is 16.7 Å². The smallest absolute Gasteiger partial charge is 0.328 e. The molecule has 1 unspecified atom stereocenters. The molecule has 4 nitrogen and oxygen atoms in total. The van der Waals surface area contributed by atoms with Crippen molar-refractivity contribution in [2.24, 2.45) is 5.92 Å². The number of rotatable bonds is 5. The molecule has 1 aliphatic heterocycles. The molecular weight excluding hydrogens is 338 g/mol. The van der Waals surface area contributed by atoms with Crippen LogP contribution in [0.3, 0.4) is 0 Å². The van der Waals surface area contributed by atoms with E-state index in [-0.39, 0.29) is 11.8 Å². The largest absolute Gasteiger partial charge is 0.478 e. The van der Waals surface area contributed by atoms with Crippen LogP contribution in [-0.4, -0.2) is 34.5 Å². The van der Waals surface area contributed by atoms with Crippen LogP contribution in [-0.2, 0) is 16.0 Å². The molecule has 0 spiro atoms. The summed E-state index contributed by atoms with van der Waals surface area (Å²) in [6.07, 6.45) is 10.2. The van der Waals surface area contributed by atoms with Crippen LogP contribution in [0.25, 0.3) is 6.08 Å². The fourth-order valence-corrected chi connectivity index (χ4v) is 4.24. The molecule has 0 aromatic heterocycles. The van der Waals surface area contributed by atoms with Crippen LogP contribution in [0.5, 0.6) is 0 Å². The molecule has 134 valence electrons. The molecule has 1 aromatic carbocycles. The average Bonchev–Trinajstić information content (AvgIpc) is 2.96. The van der Waals surface area contributed by atoms with E-state index in [1.807, 2.05) is 12.1 Å². The van der Waals surface area contributed by atoms with Crippen molar-refractivity contribution < 1.29 is 14.7 Å². The van der Waals surface area contributed by atoms with Crippen LogP contribution in [0.15, 0.2) is 24.3 Å². The first kappa shape index (κ1) is 18.0. The summed E-state index contributed by atoms with van der Waals surface area (Å²) < 4.78 is 0. The van der Waals surface area contributed by atoms with Crippen molar-refractivity contribution in [2.75, 3.05) is 6.54 Å². The van der Waals surface area contributed by atoms with E-state index in [0.29, 0.717) is 17.5 Å². The summed E-state index contributed by atoms with van der Waals surface area (Å²) in [5.74, 6) is -0.697. The summed E-state index contributed by atoms with van der Waals surface area (Å²) in [5.41, 5.74) is 1.70. The van der Waals surface area contributed by atoms with E-state index in [1.165, 1.54) is 25.3 Å². The molecule has 5 heteroatoms. The lowest BCUT2D eigenvalue weighted by molar-refractivity contribution is -0.133. The van der Waals surface area contributed by atoms with Crippen molar-refractivity contribution in [2.45, 2.75) is 51.0 Å². The number of likely N-dealkylation sites (tertiary alicyclic amines) is 1. The first-order valence-electron chi connectivity index (χ1n) is 9.04. The minimum absolute atomic E-state index is 0.0137. The number of halogens is 1. The molecule has 2 fully saturated rings. The van der Waals surface area contributed by atoms with Gasteiger partial charge in [-0.1, -0.05) is 43.0 Å². The van der Waals surface area contributed by atoms with E-state index < -0.39 is 5.97 Å². The summed E-state index contributed by atoms with van der Waals surface area (Å²) in [6, 6.07) is 5.94. The minimum atomic E-state index is -0.987. The standard InChI is InChI=1S/C20H24ClNO3/c21-18-12-14(7-9-19(23)24)6-8-15(18)13-16-10-11-22(20(16)25)17-4-2-1-3-5-17/h6-9,12,16-17H,1-5,10-11,13H2,(H,23,24)/b9-7+. The molecular formula is C20H24ClNO3. The number of hydrogen-bond acceptors (Lipinski definition) is 2. The predicted molar refractivity (Wildman–Crippen MR) is 98.5 cm³/mol. The monoisotopic (exact) mass is 361 g/mol. The Kier molecular flexibility index (Phi) is 5.79. The number of hydrogen-bond donors (Lipinski definition) is 1. The van der Waals surface area contributed by atoms with Crippen molar-refractivity contribution in [1.82, 2.24) is 4.90 Å². The molecule has 1 amide bonds. The predicted octanol–water partition coefficient (Wildman–Crippen LogP) is 4.16. The molecule has 25 heavy (non-hydrogen) atoms. The highest BCUT2D eigenvalue weighted by Crippen LogP contribution is 2.31. The molecule has 1 aromatic rings. The molecule has 1 heterocycles. The SMILES string of the molecule is O=C(O)/C=C/c1ccc(CC2CCN(C3CCCCC3)C2=O)c(Cl)c1. The Morgan fingerprint density at radius 2 is 2.00 bits per heavy atom. The highest BCUT2D eigenvalue weighted by atomic mass is 35.5. The van der Waals surface area contributed by atoms with Gasteiger partial charge in [0.25, 0.3) is 0 Å². The Hall–Kier alpha value is -1.81. The topological polar surface area (TPSA) is 57.6 Å². The maximum Gasteiger partial charge on any atom is 0.328 e. The molecule has 1 atom stereocenters. The third-order valence-electron chi connectivity index (χ3n) is 5.33. The highest BCUT2D eigenvalue weighted by molar-refractivity contribution is 6.31. The van der Waals surface area contributed by atoms with Gasteiger partial charge in [-0.25, -0.2) is 4.79 Å². The van der Waals surface area contributed by atoms with Crippen molar-refractivity contribution >= 4 is 29.6 Å². The molecule has 2 aliphatic rings. The van der Waals surface area contributed by atoms with Crippen molar-refractivity contribution in [1.29, 1.82) is 0 Å². The van der Waals surface area contributed by atoms with Crippen LogP contribution in [0.1, 0.15) is 49.7 Å². The Bertz CT molecular complexity index is 680. The van der Waals surface area contributed by atoms with Gasteiger partial charge in [0.2, 0.25) is 5.91 Å². The van der Waals surface area contributed by atoms with Gasteiger partial charge in [0.1, 0.15) is 0 Å². The van der Waals surface area contributed by atoms with Gasteiger partial charge in [-0.15, -0.1) is 0 Å². The zero-order valence-electron chi connectivity index (χ0n) is 14.3. The number of carbonyl (C=O) groups excluding carboxylic acids is 1. The van der Waals surface area contributed by atoms with Gasteiger partial charge in [-0.2, -0.15) is 0 Å². The quantitative estimate of drug-likeness (QED) is 0.801. The van der Waals surface area contributed by atoms with Crippen LogP contribution < -0.4 is 0 Å². The van der Waals surface area contributed by atoms with Crippen LogP contribution in [0, 0.1) is 5.92 Å². The number of aliphatic carboxylic acids is 1. The van der Waals surface area contributed by atoms with E-state index in [2.05, 4.69) is 4.90 Å². The second-order valence-electron chi connectivity index (χ2n) is 7.04. The summed E-state index contributed by atoms with van der Waals surface area (Å²) in [6.45, 7) is 0.866. The van der Waals surface area contributed by atoms with Crippen LogP contribution in [0.2, 0.25) is 5.02 Å². The van der Waals surface area contributed by atoms with E-state index in [9.17, 15) is 9.59 Å². The molecule has 1 saturated carbocycles. The fourth-order valence-electron chi connectivity index (χ4n) is 3.97. The zero-order valence-corrected chi connectivity index (χ0v) is 15.0. The van der Waals surface area contributed by atoms with Crippen LogP contribution in [0.4, 0.5) is 0 Å². The third kappa shape index (κ3) is 4.43. The normalized spacial score (nSPS) is 22.0. The van der Waals surface area contributed by atoms with Gasteiger partial charge in [0, 0.05) is 29.6 Å². The number of carboxylic acid groups (broad SMARTS) is 1. The Labute approximate surface area is 153 Å². The number of carbonyl (C=O) groups is 2. The Morgan fingerprint density at radius 1 is 1.24 bits per heavy atom. The minimum Gasteiger partial charge on any atom is -0.478 e. The van der Waals surface area contributed by atoms with Gasteiger partial charge >= 0.3 is 5.97 Å². The van der Waals surface area contributed by atoms with Crippen molar-refractivity contribution in [3.8, 4) is 0 Å². The van der Waals surface area contributed by atoms with Gasteiger partial charge in [0.15, 0.2) is 0 Å². The lowest BCUT2D eigenvalue weighted by Gasteiger charge is -2.31. The van der Waals surface area contributed by atoms with Gasteiger partial charge in [-0.3, -0.25) is 4.79 Å². The maximum atomic E-state index is 12.8. The lowest BCUT2D eigenvalue weighted by Crippen LogP contribution is -2.39. The highest BCUT2D eigenvalue weighted by Gasteiger charge is 2.36. The molecule has 3 rings (SSSR count). The lowest BCUT2D eigenvalue weighted by atomic mass is 9.94. The Morgan fingerprint density at radius 3 is 2.68 bits per heavy atom. The number of benzene rings is 1. The van der Waals surface area contributed by atoms with Crippen molar-refractivity contribution in [3.05, 3.63) is 40.4 Å². The third-order valence-corrected chi connectivity index (χ3v) is 5.68. The first-order valence-corrected chi connectivity index (χ1v) is 9.42. The summed E-state index contributed by atoms with van der Waals surface area (Å²) in [7, 11) is 0. The second kappa shape index (κ2) is 8.05.